The predicted octanol–water partition coefficient (Wildman–Crippen LogP) is 1.48. The Bertz CT molecular complexity index is 912. The van der Waals surface area contributed by atoms with Crippen LogP contribution < -0.4 is 14.2 Å². The largest absolute Gasteiger partial charge is 0.493 e. The van der Waals surface area contributed by atoms with Gasteiger partial charge < -0.3 is 37.9 Å². The summed E-state index contributed by atoms with van der Waals surface area (Å²) in [6.45, 7) is 3.59. The molecule has 0 amide bonds. The molecular weight excluding hydrogens is 440 g/mol. The zero-order chi connectivity index (χ0) is 24.3. The molecule has 0 aliphatic carbocycles. The highest BCUT2D eigenvalue weighted by atomic mass is 16.6. The van der Waals surface area contributed by atoms with Crippen molar-refractivity contribution in [1.82, 2.24) is 0 Å². The highest BCUT2D eigenvalue weighted by molar-refractivity contribution is 5.68. The van der Waals surface area contributed by atoms with Crippen LogP contribution in [0.4, 0.5) is 0 Å². The van der Waals surface area contributed by atoms with Crippen LogP contribution in [-0.2, 0) is 44.7 Å². The molecule has 11 nitrogen and oxygen atoms in total. The van der Waals surface area contributed by atoms with Gasteiger partial charge in [0, 0.05) is 26.3 Å². The number of carbonyl (C=O) groups is 3. The number of hydrogen-bond donors (Lipinski definition) is 0. The molecule has 1 saturated heterocycles. The molecule has 2 aliphatic rings. The van der Waals surface area contributed by atoms with Crippen LogP contribution in [0.15, 0.2) is 6.07 Å². The molecule has 0 N–H and O–H groups in total. The number of esters is 3. The third kappa shape index (κ3) is 4.98. The Morgan fingerprint density at radius 1 is 0.909 bits per heavy atom. The molecule has 0 saturated carbocycles. The maximum absolute atomic E-state index is 11.9. The molecule has 0 spiro atoms. The van der Waals surface area contributed by atoms with Crippen LogP contribution in [0.25, 0.3) is 0 Å². The van der Waals surface area contributed by atoms with Crippen molar-refractivity contribution in [3.63, 3.8) is 0 Å². The van der Waals surface area contributed by atoms with Gasteiger partial charge in [0.25, 0.3) is 0 Å². The maximum Gasteiger partial charge on any atom is 0.303 e. The lowest BCUT2D eigenvalue weighted by Crippen LogP contribution is -2.60. The minimum absolute atomic E-state index is 0.121. The molecule has 2 heterocycles. The van der Waals surface area contributed by atoms with Gasteiger partial charge in [0.15, 0.2) is 23.7 Å². The van der Waals surface area contributed by atoms with Crippen LogP contribution >= 0.6 is 0 Å². The fourth-order valence-corrected chi connectivity index (χ4v) is 4.17. The summed E-state index contributed by atoms with van der Waals surface area (Å²) >= 11 is 0. The molecule has 11 heteroatoms. The standard InChI is InChI=1S/C22H28O11/c1-10(23)29-9-15-18(31-11(2)24)22(32-12(3)25)21-20(33-15)16-13(8-30-21)7-14(26-4)17(27-5)19(16)28-6/h7,15,18,20-22H,8-9H2,1-6H3/t15-,18-,20-,21-,22+/m1/s1. The number of hydrogen-bond acceptors (Lipinski definition) is 11. The molecule has 182 valence electrons. The van der Waals surface area contributed by atoms with E-state index in [1.54, 1.807) is 6.07 Å². The SMILES string of the molecule is COc1cc2c(c(OC)c1OC)[C@H]1O[C@H](COC(C)=O)[C@@H](OC(C)=O)[C@H](OC(C)=O)[C@@H]1OC2. The number of carbonyl (C=O) groups excluding carboxylic acids is 3. The number of methoxy groups -OCH3 is 3. The predicted molar refractivity (Wildman–Crippen MR) is 110 cm³/mol. The average Bonchev–Trinajstić information content (AvgIpc) is 2.76. The van der Waals surface area contributed by atoms with Gasteiger partial charge in [0.1, 0.15) is 24.9 Å². The number of ether oxygens (including phenoxy) is 8. The summed E-state index contributed by atoms with van der Waals surface area (Å²) in [5.41, 5.74) is 1.32. The van der Waals surface area contributed by atoms with E-state index in [4.69, 9.17) is 37.9 Å². The Balaban J connectivity index is 2.12. The summed E-state index contributed by atoms with van der Waals surface area (Å²) in [6.07, 6.45) is -4.71. The first-order chi connectivity index (χ1) is 15.7. The zero-order valence-corrected chi connectivity index (χ0v) is 19.4. The van der Waals surface area contributed by atoms with Gasteiger partial charge in [-0.3, -0.25) is 14.4 Å². The second-order valence-corrected chi connectivity index (χ2v) is 7.54. The highest BCUT2D eigenvalue weighted by Crippen LogP contribution is 2.51. The summed E-state index contributed by atoms with van der Waals surface area (Å²) in [5.74, 6) is -0.605. The fourth-order valence-electron chi connectivity index (χ4n) is 4.17. The second-order valence-electron chi connectivity index (χ2n) is 7.54. The molecule has 5 atom stereocenters. The smallest absolute Gasteiger partial charge is 0.303 e. The van der Waals surface area contributed by atoms with E-state index in [1.807, 2.05) is 0 Å². The Morgan fingerprint density at radius 3 is 2.09 bits per heavy atom. The molecule has 0 unspecified atom stereocenters. The molecule has 0 aromatic heterocycles. The van der Waals surface area contributed by atoms with Crippen LogP contribution in [0, 0.1) is 0 Å². The van der Waals surface area contributed by atoms with Gasteiger partial charge in [-0.05, 0) is 11.6 Å². The number of rotatable bonds is 7. The normalized spacial score (nSPS) is 25.7. The van der Waals surface area contributed by atoms with Crippen LogP contribution in [0.5, 0.6) is 17.2 Å². The van der Waals surface area contributed by atoms with Crippen LogP contribution in [-0.4, -0.2) is 70.3 Å². The molecule has 3 rings (SSSR count). The monoisotopic (exact) mass is 468 g/mol. The minimum atomic E-state index is -1.07. The first kappa shape index (κ1) is 24.6. The van der Waals surface area contributed by atoms with Gasteiger partial charge in [0.2, 0.25) is 5.75 Å². The molecule has 33 heavy (non-hydrogen) atoms. The lowest BCUT2D eigenvalue weighted by Gasteiger charge is -2.47. The Hall–Kier alpha value is -3.05. The summed E-state index contributed by atoms with van der Waals surface area (Å²) in [7, 11) is 4.46. The van der Waals surface area contributed by atoms with Crippen molar-refractivity contribution in [2.75, 3.05) is 27.9 Å². The zero-order valence-electron chi connectivity index (χ0n) is 19.4. The molecule has 1 fully saturated rings. The quantitative estimate of drug-likeness (QED) is 0.427. The van der Waals surface area contributed by atoms with Gasteiger partial charge in [-0.2, -0.15) is 0 Å². The summed E-state index contributed by atoms with van der Waals surface area (Å²) in [6, 6.07) is 1.75. The lowest BCUT2D eigenvalue weighted by atomic mass is 9.86. The summed E-state index contributed by atoms with van der Waals surface area (Å²) < 4.78 is 45.0. The van der Waals surface area contributed by atoms with E-state index in [0.717, 1.165) is 0 Å². The van der Waals surface area contributed by atoms with E-state index in [1.165, 1.54) is 42.1 Å². The number of fused-ring (bicyclic) bond motifs is 3. The Labute approximate surface area is 191 Å². The second kappa shape index (κ2) is 10.3. The summed E-state index contributed by atoms with van der Waals surface area (Å²) in [5, 5.41) is 0. The van der Waals surface area contributed by atoms with E-state index < -0.39 is 48.4 Å². The van der Waals surface area contributed by atoms with Crippen molar-refractivity contribution in [2.45, 2.75) is 57.9 Å². The minimum Gasteiger partial charge on any atom is -0.493 e. The van der Waals surface area contributed by atoms with Gasteiger partial charge in [0.05, 0.1) is 27.9 Å². The highest BCUT2D eigenvalue weighted by Gasteiger charge is 2.54. The third-order valence-corrected chi connectivity index (χ3v) is 5.36. The maximum atomic E-state index is 11.9. The Morgan fingerprint density at radius 2 is 1.55 bits per heavy atom. The first-order valence-corrected chi connectivity index (χ1v) is 10.3. The fraction of sp³-hybridized carbons (Fsp3) is 0.591. The van der Waals surface area contributed by atoms with Gasteiger partial charge in [-0.25, -0.2) is 0 Å². The van der Waals surface area contributed by atoms with Crippen LogP contribution in [0.3, 0.4) is 0 Å². The lowest BCUT2D eigenvalue weighted by molar-refractivity contribution is -0.265. The topological polar surface area (TPSA) is 125 Å². The van der Waals surface area contributed by atoms with Crippen molar-refractivity contribution < 1.29 is 52.3 Å². The molecule has 2 aliphatic heterocycles. The average molecular weight is 468 g/mol. The van der Waals surface area contributed by atoms with Crippen molar-refractivity contribution >= 4 is 17.9 Å². The summed E-state index contributed by atoms with van der Waals surface area (Å²) in [4.78, 5) is 35.2. The van der Waals surface area contributed by atoms with E-state index in [9.17, 15) is 14.4 Å². The van der Waals surface area contributed by atoms with Crippen molar-refractivity contribution in [3.05, 3.63) is 17.2 Å². The molecule has 1 aromatic rings. The van der Waals surface area contributed by atoms with Crippen LogP contribution in [0.1, 0.15) is 38.0 Å². The van der Waals surface area contributed by atoms with Crippen LogP contribution in [0.2, 0.25) is 0 Å². The molecule has 0 bridgehead atoms. The van der Waals surface area contributed by atoms with Crippen molar-refractivity contribution in [3.8, 4) is 17.2 Å². The third-order valence-electron chi connectivity index (χ3n) is 5.36. The van der Waals surface area contributed by atoms with Gasteiger partial charge >= 0.3 is 17.9 Å². The van der Waals surface area contributed by atoms with E-state index in [-0.39, 0.29) is 13.2 Å². The van der Waals surface area contributed by atoms with E-state index in [0.29, 0.717) is 28.4 Å². The van der Waals surface area contributed by atoms with Gasteiger partial charge in [-0.15, -0.1) is 0 Å². The Kier molecular flexibility index (Phi) is 7.65. The van der Waals surface area contributed by atoms with E-state index >= 15 is 0 Å². The molecule has 1 aromatic carbocycles. The van der Waals surface area contributed by atoms with E-state index in [2.05, 4.69) is 0 Å². The number of benzene rings is 1. The molecular formula is C22H28O11. The molecule has 0 radical (unpaired) electrons. The van der Waals surface area contributed by atoms with Gasteiger partial charge in [-0.1, -0.05) is 0 Å². The first-order valence-electron chi connectivity index (χ1n) is 10.3. The van der Waals surface area contributed by atoms with Crippen molar-refractivity contribution in [1.29, 1.82) is 0 Å². The van der Waals surface area contributed by atoms with Crippen molar-refractivity contribution in [2.24, 2.45) is 0 Å².